The molecule has 17 heavy (non-hydrogen) atoms. The molecule has 94 valence electrons. The molecule has 0 atom stereocenters. The van der Waals surface area contributed by atoms with Crippen molar-refractivity contribution in [2.45, 2.75) is 32.8 Å². The maximum atomic E-state index is 9.27. The molecule has 1 fully saturated rings. The summed E-state index contributed by atoms with van der Waals surface area (Å²) in [6.45, 7) is 4.88. The van der Waals surface area contributed by atoms with Crippen LogP contribution in [-0.4, -0.2) is 35.0 Å². The summed E-state index contributed by atoms with van der Waals surface area (Å²) >= 11 is 5.93. The van der Waals surface area contributed by atoms with Gasteiger partial charge in [-0.05, 0) is 43.7 Å². The van der Waals surface area contributed by atoms with Crippen LogP contribution in [0.15, 0.2) is 0 Å². The number of rotatable bonds is 3. The maximum absolute atomic E-state index is 9.27. The lowest BCUT2D eigenvalue weighted by Crippen LogP contribution is -2.37. The molecule has 0 saturated heterocycles. The number of aliphatic hydroxyl groups excluding tert-OH is 1. The highest BCUT2D eigenvalue weighted by Crippen LogP contribution is 2.30. The Hall–Kier alpha value is -0.870. The van der Waals surface area contributed by atoms with Gasteiger partial charge in [-0.25, -0.2) is 0 Å². The quantitative estimate of drug-likeness (QED) is 0.897. The van der Waals surface area contributed by atoms with Crippen LogP contribution in [0.2, 0.25) is 5.15 Å². The Kier molecular flexibility index (Phi) is 3.54. The highest BCUT2D eigenvalue weighted by atomic mass is 35.5. The Labute approximate surface area is 107 Å². The standard InChI is InChI=1S/C12H18ClN3O/c1-7-8(2)12(15-14-11(7)13)16(3)6-9-4-10(17)5-9/h9-10,17H,4-6H2,1-3H3. The SMILES string of the molecule is Cc1c(Cl)nnc(N(C)CC2CC(O)C2)c1C. The van der Waals surface area contributed by atoms with Crippen LogP contribution >= 0.6 is 11.6 Å². The molecule has 1 N–H and O–H groups in total. The highest BCUT2D eigenvalue weighted by molar-refractivity contribution is 6.30. The molecule has 0 aromatic carbocycles. The largest absolute Gasteiger partial charge is 0.393 e. The highest BCUT2D eigenvalue weighted by Gasteiger charge is 2.28. The van der Waals surface area contributed by atoms with Crippen molar-refractivity contribution in [2.75, 3.05) is 18.5 Å². The summed E-state index contributed by atoms with van der Waals surface area (Å²) < 4.78 is 0. The fourth-order valence-electron chi connectivity index (χ4n) is 2.25. The Bertz CT molecular complexity index is 418. The zero-order valence-electron chi connectivity index (χ0n) is 10.4. The minimum atomic E-state index is -0.104. The van der Waals surface area contributed by atoms with Crippen LogP contribution in [-0.2, 0) is 0 Å². The zero-order valence-corrected chi connectivity index (χ0v) is 11.2. The molecule has 1 aliphatic carbocycles. The van der Waals surface area contributed by atoms with Gasteiger partial charge in [0.25, 0.3) is 0 Å². The second kappa shape index (κ2) is 4.78. The number of hydrogen-bond donors (Lipinski definition) is 1. The van der Waals surface area contributed by atoms with Crippen LogP contribution in [0.3, 0.4) is 0 Å². The van der Waals surface area contributed by atoms with E-state index in [1.165, 1.54) is 0 Å². The summed E-state index contributed by atoms with van der Waals surface area (Å²) in [5, 5.41) is 17.8. The second-order valence-electron chi connectivity index (χ2n) is 4.94. The summed E-state index contributed by atoms with van der Waals surface area (Å²) in [7, 11) is 2.01. The first-order valence-corrected chi connectivity index (χ1v) is 6.25. The van der Waals surface area contributed by atoms with Gasteiger partial charge in [-0.3, -0.25) is 0 Å². The molecule has 0 spiro atoms. The molecule has 5 heteroatoms. The first-order chi connectivity index (χ1) is 7.99. The van der Waals surface area contributed by atoms with E-state index in [1.54, 1.807) is 0 Å². The van der Waals surface area contributed by atoms with E-state index in [9.17, 15) is 5.11 Å². The van der Waals surface area contributed by atoms with E-state index in [4.69, 9.17) is 11.6 Å². The smallest absolute Gasteiger partial charge is 0.155 e. The number of hydrogen-bond acceptors (Lipinski definition) is 4. The fraction of sp³-hybridized carbons (Fsp3) is 0.667. The molecule has 0 radical (unpaired) electrons. The molecular weight excluding hydrogens is 238 g/mol. The van der Waals surface area contributed by atoms with Crippen LogP contribution in [0.4, 0.5) is 5.82 Å². The molecule has 1 heterocycles. The second-order valence-corrected chi connectivity index (χ2v) is 5.29. The van der Waals surface area contributed by atoms with Gasteiger partial charge < -0.3 is 10.0 Å². The van der Waals surface area contributed by atoms with Crippen molar-refractivity contribution in [3.63, 3.8) is 0 Å². The van der Waals surface area contributed by atoms with Crippen molar-refractivity contribution < 1.29 is 5.11 Å². The van der Waals surface area contributed by atoms with Gasteiger partial charge in [-0.2, -0.15) is 0 Å². The van der Waals surface area contributed by atoms with E-state index >= 15 is 0 Å². The van der Waals surface area contributed by atoms with Crippen molar-refractivity contribution in [1.82, 2.24) is 10.2 Å². The minimum Gasteiger partial charge on any atom is -0.393 e. The van der Waals surface area contributed by atoms with Gasteiger partial charge in [0, 0.05) is 13.6 Å². The summed E-state index contributed by atoms with van der Waals surface area (Å²) in [6.07, 6.45) is 1.68. The van der Waals surface area contributed by atoms with Crippen LogP contribution < -0.4 is 4.90 Å². The number of anilines is 1. The summed E-state index contributed by atoms with van der Waals surface area (Å²) in [4.78, 5) is 2.10. The van der Waals surface area contributed by atoms with Crippen molar-refractivity contribution in [3.05, 3.63) is 16.3 Å². The lowest BCUT2D eigenvalue weighted by Gasteiger charge is -2.35. The van der Waals surface area contributed by atoms with Crippen molar-refractivity contribution >= 4 is 17.4 Å². The van der Waals surface area contributed by atoms with E-state index in [0.29, 0.717) is 11.1 Å². The Morgan fingerprint density at radius 1 is 1.29 bits per heavy atom. The summed E-state index contributed by atoms with van der Waals surface area (Å²) in [5.74, 6) is 1.44. The van der Waals surface area contributed by atoms with Gasteiger partial charge in [0.2, 0.25) is 0 Å². The van der Waals surface area contributed by atoms with E-state index in [-0.39, 0.29) is 6.10 Å². The third-order valence-corrected chi connectivity index (χ3v) is 3.90. The van der Waals surface area contributed by atoms with Crippen molar-refractivity contribution in [2.24, 2.45) is 5.92 Å². The molecule has 4 nitrogen and oxygen atoms in total. The third-order valence-electron chi connectivity index (χ3n) is 3.54. The molecule has 0 amide bonds. The normalized spacial score (nSPS) is 23.4. The molecular formula is C12H18ClN3O. The molecule has 2 rings (SSSR count). The minimum absolute atomic E-state index is 0.104. The lowest BCUT2D eigenvalue weighted by atomic mass is 9.82. The molecule has 1 aromatic rings. The fourth-order valence-corrected chi connectivity index (χ4v) is 2.43. The van der Waals surface area contributed by atoms with Gasteiger partial charge in [-0.15, -0.1) is 10.2 Å². The first kappa shape index (κ1) is 12.6. The van der Waals surface area contributed by atoms with Crippen LogP contribution in [0.5, 0.6) is 0 Å². The Balaban J connectivity index is 2.08. The van der Waals surface area contributed by atoms with Crippen LogP contribution in [0.25, 0.3) is 0 Å². The van der Waals surface area contributed by atoms with Crippen molar-refractivity contribution in [3.8, 4) is 0 Å². The molecule has 1 aromatic heterocycles. The Morgan fingerprint density at radius 2 is 1.94 bits per heavy atom. The van der Waals surface area contributed by atoms with Gasteiger partial charge in [-0.1, -0.05) is 11.6 Å². The Morgan fingerprint density at radius 3 is 2.53 bits per heavy atom. The summed E-state index contributed by atoms with van der Waals surface area (Å²) in [6, 6.07) is 0. The zero-order chi connectivity index (χ0) is 12.6. The van der Waals surface area contributed by atoms with Crippen LogP contribution in [0.1, 0.15) is 24.0 Å². The van der Waals surface area contributed by atoms with E-state index in [1.807, 2.05) is 20.9 Å². The van der Waals surface area contributed by atoms with E-state index in [0.717, 1.165) is 36.3 Å². The van der Waals surface area contributed by atoms with Gasteiger partial charge in [0.1, 0.15) is 0 Å². The van der Waals surface area contributed by atoms with Crippen molar-refractivity contribution in [1.29, 1.82) is 0 Å². The molecule has 1 aliphatic rings. The average molecular weight is 256 g/mol. The number of nitrogens with zero attached hydrogens (tertiary/aromatic N) is 3. The molecule has 0 unspecified atom stereocenters. The third kappa shape index (κ3) is 2.53. The van der Waals surface area contributed by atoms with Crippen LogP contribution in [0, 0.1) is 19.8 Å². The lowest BCUT2D eigenvalue weighted by molar-refractivity contribution is 0.0464. The topological polar surface area (TPSA) is 49.2 Å². The summed E-state index contributed by atoms with van der Waals surface area (Å²) in [5.41, 5.74) is 2.06. The molecule has 0 bridgehead atoms. The number of halogens is 1. The molecule has 1 saturated carbocycles. The van der Waals surface area contributed by atoms with E-state index < -0.39 is 0 Å². The maximum Gasteiger partial charge on any atom is 0.155 e. The predicted octanol–water partition coefficient (Wildman–Crippen LogP) is 1.95. The van der Waals surface area contributed by atoms with Gasteiger partial charge >= 0.3 is 0 Å². The van der Waals surface area contributed by atoms with Gasteiger partial charge in [0.05, 0.1) is 6.10 Å². The van der Waals surface area contributed by atoms with E-state index in [2.05, 4.69) is 15.1 Å². The van der Waals surface area contributed by atoms with Gasteiger partial charge in [0.15, 0.2) is 11.0 Å². The first-order valence-electron chi connectivity index (χ1n) is 5.87. The number of aliphatic hydroxyl groups is 1. The average Bonchev–Trinajstić information content (AvgIpc) is 2.24. The predicted molar refractivity (Wildman–Crippen MR) is 68.5 cm³/mol. The molecule has 0 aliphatic heterocycles. The number of aromatic nitrogens is 2. The monoisotopic (exact) mass is 255 g/mol.